The summed E-state index contributed by atoms with van der Waals surface area (Å²) in [5, 5.41) is 2.63. The van der Waals surface area contributed by atoms with Gasteiger partial charge in [-0.2, -0.15) is 0 Å². The highest BCUT2D eigenvalue weighted by molar-refractivity contribution is 5.81. The topological polar surface area (TPSA) is 70.7 Å². The number of hydrogen-bond acceptors (Lipinski definition) is 3. The van der Waals surface area contributed by atoms with Crippen LogP contribution in [0, 0.1) is 0 Å². The molecule has 1 aliphatic rings. The van der Waals surface area contributed by atoms with E-state index in [0.717, 1.165) is 25.5 Å². The number of urea groups is 1. The highest BCUT2D eigenvalue weighted by Crippen LogP contribution is 2.01. The van der Waals surface area contributed by atoms with E-state index in [-0.39, 0.29) is 6.04 Å². The number of aliphatic imine (C=N–C) groups is 1. The molecule has 5 nitrogen and oxygen atoms in total. The second kappa shape index (κ2) is 4.11. The first-order valence-corrected chi connectivity index (χ1v) is 4.41. The summed E-state index contributed by atoms with van der Waals surface area (Å²) in [5.74, 6) is 1.04. The van der Waals surface area contributed by atoms with Crippen molar-refractivity contribution in [3.05, 3.63) is 0 Å². The van der Waals surface area contributed by atoms with Crippen LogP contribution in [0.3, 0.4) is 0 Å². The maximum absolute atomic E-state index is 10.5. The number of nitrogens with two attached hydrogens (primary N) is 1. The summed E-state index contributed by atoms with van der Waals surface area (Å²) in [6.07, 6.45) is 0. The molecular weight excluding hydrogens is 168 g/mol. The van der Waals surface area contributed by atoms with Crippen LogP contribution >= 0.6 is 0 Å². The molecule has 1 atom stereocenters. The van der Waals surface area contributed by atoms with Gasteiger partial charge in [0, 0.05) is 19.1 Å². The predicted octanol–water partition coefficient (Wildman–Crippen LogP) is -0.223. The molecule has 2 amide bonds. The molecule has 0 spiro atoms. The molecule has 0 aromatic rings. The minimum Gasteiger partial charge on any atom is -0.357 e. The van der Waals surface area contributed by atoms with Crippen LogP contribution in [0.1, 0.15) is 13.8 Å². The Morgan fingerprint density at radius 1 is 1.85 bits per heavy atom. The van der Waals surface area contributed by atoms with Gasteiger partial charge in [0.15, 0.2) is 0 Å². The van der Waals surface area contributed by atoms with Crippen LogP contribution < -0.4 is 11.1 Å². The van der Waals surface area contributed by atoms with Gasteiger partial charge in [-0.25, -0.2) is 4.79 Å². The molecule has 5 heteroatoms. The molecular formula is C8H16N4O. The molecule has 0 fully saturated rings. The van der Waals surface area contributed by atoms with Gasteiger partial charge in [-0.3, -0.25) is 4.99 Å². The standard InChI is InChI=1S/C8H16N4O/c1-6(11-8(9)13)5-12-4-3-10-7(12)2/h6H,3-5H2,1-2H3,(H3,9,11,13). The second-order valence-electron chi connectivity index (χ2n) is 3.28. The quantitative estimate of drug-likeness (QED) is 0.636. The molecule has 1 heterocycles. The van der Waals surface area contributed by atoms with Crippen LogP contribution in [0.2, 0.25) is 0 Å². The average Bonchev–Trinajstić information content (AvgIpc) is 2.34. The zero-order chi connectivity index (χ0) is 9.84. The molecule has 0 saturated carbocycles. The van der Waals surface area contributed by atoms with E-state index in [9.17, 15) is 4.79 Å². The average molecular weight is 184 g/mol. The molecule has 0 aromatic heterocycles. The minimum absolute atomic E-state index is 0.0701. The van der Waals surface area contributed by atoms with Gasteiger partial charge in [-0.1, -0.05) is 0 Å². The molecule has 0 aliphatic carbocycles. The van der Waals surface area contributed by atoms with Gasteiger partial charge >= 0.3 is 6.03 Å². The predicted molar refractivity (Wildman–Crippen MR) is 51.7 cm³/mol. The van der Waals surface area contributed by atoms with Crippen molar-refractivity contribution in [3.63, 3.8) is 0 Å². The van der Waals surface area contributed by atoms with E-state index in [1.54, 1.807) is 0 Å². The number of amidine groups is 1. The SMILES string of the molecule is CC1=NCCN1CC(C)NC(N)=O. The van der Waals surface area contributed by atoms with Gasteiger partial charge in [0.25, 0.3) is 0 Å². The van der Waals surface area contributed by atoms with Crippen molar-refractivity contribution in [1.29, 1.82) is 0 Å². The lowest BCUT2D eigenvalue weighted by molar-refractivity contribution is 0.243. The third-order valence-corrected chi connectivity index (χ3v) is 2.05. The fraction of sp³-hybridized carbons (Fsp3) is 0.750. The summed E-state index contributed by atoms with van der Waals surface area (Å²) in [6.45, 7) is 6.48. The Labute approximate surface area is 78.0 Å². The summed E-state index contributed by atoms with van der Waals surface area (Å²) < 4.78 is 0. The Morgan fingerprint density at radius 3 is 3.00 bits per heavy atom. The first kappa shape index (κ1) is 9.83. The number of nitrogens with zero attached hydrogens (tertiary/aromatic N) is 2. The Hall–Kier alpha value is -1.26. The number of nitrogens with one attached hydrogen (secondary N) is 1. The largest absolute Gasteiger partial charge is 0.357 e. The van der Waals surface area contributed by atoms with Crippen molar-refractivity contribution in [3.8, 4) is 0 Å². The van der Waals surface area contributed by atoms with Crippen molar-refractivity contribution < 1.29 is 4.79 Å². The van der Waals surface area contributed by atoms with E-state index in [0.29, 0.717) is 0 Å². The van der Waals surface area contributed by atoms with Gasteiger partial charge in [0.1, 0.15) is 0 Å². The maximum atomic E-state index is 10.5. The van der Waals surface area contributed by atoms with Crippen molar-refractivity contribution in [2.75, 3.05) is 19.6 Å². The van der Waals surface area contributed by atoms with E-state index in [1.165, 1.54) is 0 Å². The molecule has 1 rings (SSSR count). The Balaban J connectivity index is 2.32. The Kier molecular flexibility index (Phi) is 3.11. The van der Waals surface area contributed by atoms with Crippen LogP contribution in [0.5, 0.6) is 0 Å². The van der Waals surface area contributed by atoms with Crippen molar-refractivity contribution in [2.45, 2.75) is 19.9 Å². The molecule has 13 heavy (non-hydrogen) atoms. The number of carbonyl (C=O) groups is 1. The zero-order valence-electron chi connectivity index (χ0n) is 8.08. The maximum Gasteiger partial charge on any atom is 0.312 e. The zero-order valence-corrected chi connectivity index (χ0v) is 8.08. The van der Waals surface area contributed by atoms with Gasteiger partial charge in [-0.15, -0.1) is 0 Å². The van der Waals surface area contributed by atoms with Crippen LogP contribution in [0.15, 0.2) is 4.99 Å². The normalized spacial score (nSPS) is 18.3. The molecule has 0 radical (unpaired) electrons. The number of rotatable bonds is 3. The van der Waals surface area contributed by atoms with Gasteiger partial charge < -0.3 is 16.0 Å². The number of primary amides is 1. The fourth-order valence-electron chi connectivity index (χ4n) is 1.44. The summed E-state index contributed by atoms with van der Waals surface area (Å²) in [6, 6.07) is -0.401. The summed E-state index contributed by atoms with van der Waals surface area (Å²) >= 11 is 0. The van der Waals surface area contributed by atoms with E-state index in [2.05, 4.69) is 15.2 Å². The van der Waals surface area contributed by atoms with Crippen LogP contribution in [-0.4, -0.2) is 42.4 Å². The van der Waals surface area contributed by atoms with E-state index in [4.69, 9.17) is 5.73 Å². The summed E-state index contributed by atoms with van der Waals surface area (Å²) in [7, 11) is 0. The third kappa shape index (κ3) is 2.93. The van der Waals surface area contributed by atoms with Crippen LogP contribution in [0.4, 0.5) is 4.79 Å². The second-order valence-corrected chi connectivity index (χ2v) is 3.28. The first-order valence-electron chi connectivity index (χ1n) is 4.41. The number of amides is 2. The molecule has 1 unspecified atom stereocenters. The van der Waals surface area contributed by atoms with Crippen molar-refractivity contribution in [2.24, 2.45) is 10.7 Å². The number of carbonyl (C=O) groups excluding carboxylic acids is 1. The number of hydrogen-bond donors (Lipinski definition) is 2. The fourth-order valence-corrected chi connectivity index (χ4v) is 1.44. The van der Waals surface area contributed by atoms with Crippen LogP contribution in [0.25, 0.3) is 0 Å². The summed E-state index contributed by atoms with van der Waals surface area (Å²) in [5.41, 5.74) is 5.00. The molecule has 0 aromatic carbocycles. The third-order valence-electron chi connectivity index (χ3n) is 2.05. The smallest absolute Gasteiger partial charge is 0.312 e. The molecule has 0 bridgehead atoms. The van der Waals surface area contributed by atoms with Gasteiger partial charge in [0.05, 0.1) is 12.4 Å². The Bertz CT molecular complexity index is 226. The van der Waals surface area contributed by atoms with Gasteiger partial charge in [0.2, 0.25) is 0 Å². The first-order chi connectivity index (χ1) is 6.09. The Morgan fingerprint density at radius 2 is 2.54 bits per heavy atom. The van der Waals surface area contributed by atoms with E-state index in [1.807, 2.05) is 13.8 Å². The van der Waals surface area contributed by atoms with Crippen molar-refractivity contribution >= 4 is 11.9 Å². The molecule has 0 saturated heterocycles. The highest BCUT2D eigenvalue weighted by Gasteiger charge is 2.15. The minimum atomic E-state index is -0.471. The highest BCUT2D eigenvalue weighted by atomic mass is 16.2. The lowest BCUT2D eigenvalue weighted by Gasteiger charge is -2.22. The van der Waals surface area contributed by atoms with E-state index >= 15 is 0 Å². The molecule has 1 aliphatic heterocycles. The van der Waals surface area contributed by atoms with Crippen LogP contribution in [-0.2, 0) is 0 Å². The monoisotopic (exact) mass is 184 g/mol. The van der Waals surface area contributed by atoms with E-state index < -0.39 is 6.03 Å². The van der Waals surface area contributed by atoms with Crippen molar-refractivity contribution in [1.82, 2.24) is 10.2 Å². The molecule has 74 valence electrons. The van der Waals surface area contributed by atoms with Gasteiger partial charge in [-0.05, 0) is 13.8 Å². The molecule has 3 N–H and O–H groups in total. The summed E-state index contributed by atoms with van der Waals surface area (Å²) in [4.78, 5) is 16.9. The lowest BCUT2D eigenvalue weighted by atomic mass is 10.3. The lowest BCUT2D eigenvalue weighted by Crippen LogP contribution is -2.44.